The lowest BCUT2D eigenvalue weighted by Gasteiger charge is -2.62. The molecule has 4 bridgehead atoms. The van der Waals surface area contributed by atoms with Crippen LogP contribution in [0.15, 0.2) is 24.5 Å². The maximum atomic E-state index is 4.37. The van der Waals surface area contributed by atoms with Gasteiger partial charge in [0.05, 0.1) is 0 Å². The summed E-state index contributed by atoms with van der Waals surface area (Å²) in [5.74, 6) is 1.89. The van der Waals surface area contributed by atoms with Gasteiger partial charge >= 0.3 is 0 Å². The predicted molar refractivity (Wildman–Crippen MR) is 72.4 cm³/mol. The van der Waals surface area contributed by atoms with Crippen LogP contribution in [0.5, 0.6) is 0 Å². The fourth-order valence-electron chi connectivity index (χ4n) is 5.57. The highest BCUT2D eigenvalue weighted by Gasteiger charge is 2.57. The summed E-state index contributed by atoms with van der Waals surface area (Å²) in [5, 5.41) is 3.68. The van der Waals surface area contributed by atoms with E-state index in [9.17, 15) is 0 Å². The molecule has 2 atom stereocenters. The van der Waals surface area contributed by atoms with Gasteiger partial charge < -0.3 is 5.32 Å². The van der Waals surface area contributed by atoms with E-state index in [2.05, 4.69) is 35.7 Å². The van der Waals surface area contributed by atoms with Crippen LogP contribution in [0.4, 0.5) is 0 Å². The maximum absolute atomic E-state index is 4.37. The van der Waals surface area contributed by atoms with Crippen LogP contribution in [0.3, 0.4) is 0 Å². The van der Waals surface area contributed by atoms with Gasteiger partial charge in [-0.05, 0) is 74.5 Å². The van der Waals surface area contributed by atoms with Crippen molar-refractivity contribution in [2.45, 2.75) is 49.5 Å². The second-order valence-corrected chi connectivity index (χ2v) is 7.01. The van der Waals surface area contributed by atoms with Gasteiger partial charge in [-0.25, -0.2) is 0 Å². The Bertz CT molecular complexity index is 439. The van der Waals surface area contributed by atoms with Crippen molar-refractivity contribution in [2.24, 2.45) is 11.8 Å². The van der Waals surface area contributed by atoms with E-state index < -0.39 is 0 Å². The van der Waals surface area contributed by atoms with Crippen molar-refractivity contribution in [1.29, 1.82) is 0 Å². The van der Waals surface area contributed by atoms with Gasteiger partial charge in [0, 0.05) is 17.9 Å². The summed E-state index contributed by atoms with van der Waals surface area (Å²) < 4.78 is 0. The second-order valence-electron chi connectivity index (χ2n) is 7.01. The molecule has 0 radical (unpaired) electrons. The van der Waals surface area contributed by atoms with Crippen molar-refractivity contribution in [1.82, 2.24) is 10.3 Å². The molecular weight excluding hydrogens is 220 g/mol. The Balaban J connectivity index is 1.78. The van der Waals surface area contributed by atoms with Gasteiger partial charge in [0.25, 0.3) is 0 Å². The lowest BCUT2D eigenvalue weighted by Crippen LogP contribution is -2.62. The monoisotopic (exact) mass is 242 g/mol. The van der Waals surface area contributed by atoms with Crippen molar-refractivity contribution in [2.75, 3.05) is 7.05 Å². The number of hydrogen-bond acceptors (Lipinski definition) is 2. The highest BCUT2D eigenvalue weighted by molar-refractivity contribution is 5.29. The molecule has 1 heterocycles. The summed E-state index contributed by atoms with van der Waals surface area (Å²) in [7, 11) is 2.17. The molecule has 0 aliphatic heterocycles. The average molecular weight is 242 g/mol. The third kappa shape index (κ3) is 1.41. The number of aromatic nitrogens is 1. The normalized spacial score (nSPS) is 45.4. The standard InChI is InChI=1S/C16H22N2/c1-17-16-8-12-5-13(9-16)7-15(6-12,11-16)14-3-2-4-18-10-14/h2-4,10,12-13,17H,5-9,11H2,1H3. The lowest BCUT2D eigenvalue weighted by atomic mass is 9.45. The molecule has 4 aliphatic carbocycles. The SMILES string of the molecule is CNC12CC3CC(C1)CC(c1cccnc1)(C3)C2. The van der Waals surface area contributed by atoms with Crippen molar-refractivity contribution >= 4 is 0 Å². The zero-order valence-corrected chi connectivity index (χ0v) is 11.2. The lowest BCUT2D eigenvalue weighted by molar-refractivity contribution is -0.0375. The summed E-state index contributed by atoms with van der Waals surface area (Å²) in [6, 6.07) is 4.42. The van der Waals surface area contributed by atoms with Crippen LogP contribution in [0.1, 0.15) is 44.1 Å². The molecule has 4 saturated carbocycles. The number of nitrogens with zero attached hydrogens (tertiary/aromatic N) is 1. The second kappa shape index (κ2) is 3.57. The molecule has 2 nitrogen and oxygen atoms in total. The summed E-state index contributed by atoms with van der Waals surface area (Å²) in [4.78, 5) is 4.37. The third-order valence-corrected chi connectivity index (χ3v) is 5.87. The molecule has 1 N–H and O–H groups in total. The molecule has 1 aromatic heterocycles. The molecule has 0 amide bonds. The molecule has 18 heavy (non-hydrogen) atoms. The number of nitrogens with one attached hydrogen (secondary N) is 1. The molecule has 2 heteroatoms. The Kier molecular flexibility index (Phi) is 2.18. The van der Waals surface area contributed by atoms with Crippen molar-refractivity contribution in [3.63, 3.8) is 0 Å². The number of rotatable bonds is 2. The van der Waals surface area contributed by atoms with E-state index in [-0.39, 0.29) is 0 Å². The minimum atomic E-state index is 0.430. The molecule has 4 fully saturated rings. The van der Waals surface area contributed by atoms with Crippen LogP contribution in [0.25, 0.3) is 0 Å². The molecule has 4 aliphatic rings. The van der Waals surface area contributed by atoms with E-state index in [4.69, 9.17) is 0 Å². The first kappa shape index (κ1) is 11.0. The summed E-state index contributed by atoms with van der Waals surface area (Å²) >= 11 is 0. The molecule has 96 valence electrons. The first-order chi connectivity index (χ1) is 8.74. The quantitative estimate of drug-likeness (QED) is 0.862. The zero-order chi connectivity index (χ0) is 12.2. The number of pyridine rings is 1. The van der Waals surface area contributed by atoms with Crippen molar-refractivity contribution in [3.8, 4) is 0 Å². The fraction of sp³-hybridized carbons (Fsp3) is 0.688. The Morgan fingerprint density at radius 2 is 2.00 bits per heavy atom. The molecule has 5 rings (SSSR count). The Labute approximate surface area is 109 Å². The number of hydrogen-bond donors (Lipinski definition) is 1. The summed E-state index contributed by atoms with van der Waals surface area (Å²) in [5.41, 5.74) is 2.36. The van der Waals surface area contributed by atoms with E-state index in [0.29, 0.717) is 11.0 Å². The topological polar surface area (TPSA) is 24.9 Å². The summed E-state index contributed by atoms with van der Waals surface area (Å²) in [6.07, 6.45) is 12.4. The van der Waals surface area contributed by atoms with Gasteiger partial charge in [0.1, 0.15) is 0 Å². The minimum Gasteiger partial charge on any atom is -0.314 e. The average Bonchev–Trinajstić information content (AvgIpc) is 2.38. The fourth-order valence-corrected chi connectivity index (χ4v) is 5.57. The summed E-state index contributed by atoms with van der Waals surface area (Å²) in [6.45, 7) is 0. The Morgan fingerprint density at radius 1 is 1.22 bits per heavy atom. The van der Waals surface area contributed by atoms with Crippen LogP contribution in [0, 0.1) is 11.8 Å². The first-order valence-electron chi connectivity index (χ1n) is 7.33. The highest BCUT2D eigenvalue weighted by Crippen LogP contribution is 2.61. The van der Waals surface area contributed by atoms with E-state index in [1.807, 2.05) is 6.20 Å². The molecule has 2 unspecified atom stereocenters. The van der Waals surface area contributed by atoms with E-state index in [0.717, 1.165) is 11.8 Å². The van der Waals surface area contributed by atoms with Gasteiger partial charge in [-0.2, -0.15) is 0 Å². The minimum absolute atomic E-state index is 0.430. The molecular formula is C16H22N2. The van der Waals surface area contributed by atoms with Gasteiger partial charge in [-0.1, -0.05) is 6.07 Å². The smallest absolute Gasteiger partial charge is 0.0305 e. The van der Waals surface area contributed by atoms with Gasteiger partial charge in [0.15, 0.2) is 0 Å². The zero-order valence-electron chi connectivity index (χ0n) is 11.2. The van der Waals surface area contributed by atoms with Gasteiger partial charge in [0.2, 0.25) is 0 Å². The maximum Gasteiger partial charge on any atom is 0.0305 e. The predicted octanol–water partition coefficient (Wildman–Crippen LogP) is 2.89. The third-order valence-electron chi connectivity index (χ3n) is 5.87. The Hall–Kier alpha value is -0.890. The molecule has 0 spiro atoms. The van der Waals surface area contributed by atoms with Crippen molar-refractivity contribution < 1.29 is 0 Å². The van der Waals surface area contributed by atoms with Crippen LogP contribution in [-0.4, -0.2) is 17.6 Å². The van der Waals surface area contributed by atoms with Crippen LogP contribution in [-0.2, 0) is 5.41 Å². The van der Waals surface area contributed by atoms with E-state index in [1.165, 1.54) is 44.1 Å². The van der Waals surface area contributed by atoms with Crippen LogP contribution < -0.4 is 5.32 Å². The molecule has 0 aromatic carbocycles. The Morgan fingerprint density at radius 3 is 2.61 bits per heavy atom. The van der Waals surface area contributed by atoms with Crippen molar-refractivity contribution in [3.05, 3.63) is 30.1 Å². The highest BCUT2D eigenvalue weighted by atomic mass is 15.0. The molecule has 1 aromatic rings. The van der Waals surface area contributed by atoms with E-state index >= 15 is 0 Å². The molecule has 0 saturated heterocycles. The first-order valence-corrected chi connectivity index (χ1v) is 7.33. The van der Waals surface area contributed by atoms with E-state index in [1.54, 1.807) is 0 Å². The van der Waals surface area contributed by atoms with Crippen LogP contribution >= 0.6 is 0 Å². The van der Waals surface area contributed by atoms with Gasteiger partial charge in [-0.15, -0.1) is 0 Å². The van der Waals surface area contributed by atoms with Gasteiger partial charge in [-0.3, -0.25) is 4.98 Å². The largest absolute Gasteiger partial charge is 0.314 e. The van der Waals surface area contributed by atoms with Crippen LogP contribution in [0.2, 0.25) is 0 Å².